The van der Waals surface area contributed by atoms with E-state index < -0.39 is 0 Å². The Morgan fingerprint density at radius 3 is 2.47 bits per heavy atom. The van der Waals surface area contributed by atoms with E-state index in [0.29, 0.717) is 28.0 Å². The van der Waals surface area contributed by atoms with Gasteiger partial charge in [-0.25, -0.2) is 0 Å². The zero-order chi connectivity index (χ0) is 25.1. The minimum Gasteiger partial charge on any atom is -0.493 e. The van der Waals surface area contributed by atoms with Crippen LogP contribution >= 0.6 is 23.4 Å². The maximum Gasteiger partial charge on any atom is 0.293 e. The van der Waals surface area contributed by atoms with Gasteiger partial charge < -0.3 is 9.47 Å². The van der Waals surface area contributed by atoms with Crippen molar-refractivity contribution in [3.63, 3.8) is 0 Å². The highest BCUT2D eigenvalue weighted by molar-refractivity contribution is 8.18. The molecular formula is C29H22ClNO4S. The van der Waals surface area contributed by atoms with E-state index in [0.717, 1.165) is 39.2 Å². The summed E-state index contributed by atoms with van der Waals surface area (Å²) in [5, 5.41) is 2.49. The zero-order valence-electron chi connectivity index (χ0n) is 19.4. The molecule has 4 aromatic rings. The lowest BCUT2D eigenvalue weighted by molar-refractivity contribution is -0.123. The van der Waals surface area contributed by atoms with Crippen LogP contribution in [0.25, 0.3) is 16.8 Å². The number of nitrogens with zero attached hydrogens (tertiary/aromatic N) is 1. The Bertz CT molecular complexity index is 1490. The molecule has 0 N–H and O–H groups in total. The van der Waals surface area contributed by atoms with Crippen molar-refractivity contribution in [2.24, 2.45) is 0 Å². The third kappa shape index (κ3) is 4.96. The molecule has 0 aromatic heterocycles. The van der Waals surface area contributed by atoms with E-state index in [1.54, 1.807) is 31.4 Å². The van der Waals surface area contributed by atoms with Gasteiger partial charge in [0.05, 0.1) is 18.6 Å². The van der Waals surface area contributed by atoms with Crippen molar-refractivity contribution in [3.8, 4) is 11.5 Å². The van der Waals surface area contributed by atoms with Crippen LogP contribution in [-0.2, 0) is 17.9 Å². The summed E-state index contributed by atoms with van der Waals surface area (Å²) in [6.45, 7) is 0.518. The summed E-state index contributed by atoms with van der Waals surface area (Å²) in [6.07, 6.45) is 1.69. The Morgan fingerprint density at radius 1 is 0.889 bits per heavy atom. The normalized spacial score (nSPS) is 14.6. The highest BCUT2D eigenvalue weighted by atomic mass is 35.5. The van der Waals surface area contributed by atoms with Crippen molar-refractivity contribution in [1.82, 2.24) is 4.90 Å². The molecule has 7 heteroatoms. The molecule has 0 unspecified atom stereocenters. The molecule has 36 heavy (non-hydrogen) atoms. The molecule has 0 saturated carbocycles. The number of rotatable bonds is 7. The third-order valence-electron chi connectivity index (χ3n) is 5.91. The molecule has 1 saturated heterocycles. The number of carbonyl (C=O) groups excluding carboxylic acids is 2. The number of thioether (sulfide) groups is 1. The smallest absolute Gasteiger partial charge is 0.293 e. The molecule has 1 aliphatic heterocycles. The molecular weight excluding hydrogens is 494 g/mol. The monoisotopic (exact) mass is 515 g/mol. The standard InChI is InChI=1S/C29H22ClNO4S/c1-34-26-15-19(13-14-25(26)35-18-22-10-6-9-20-7-2-4-11-23(20)22)16-27-28(32)31(29(33)36-27)17-21-8-3-5-12-24(21)30/h2-16H,17-18H2,1H3/b27-16+. The summed E-state index contributed by atoms with van der Waals surface area (Å²) < 4.78 is 11.6. The number of fused-ring (bicyclic) bond motifs is 1. The molecule has 0 radical (unpaired) electrons. The summed E-state index contributed by atoms with van der Waals surface area (Å²) >= 11 is 7.12. The number of benzene rings is 4. The number of imide groups is 1. The van der Waals surface area contributed by atoms with E-state index in [1.807, 2.05) is 48.5 Å². The topological polar surface area (TPSA) is 55.8 Å². The number of carbonyl (C=O) groups is 2. The van der Waals surface area contributed by atoms with Crippen LogP contribution < -0.4 is 9.47 Å². The van der Waals surface area contributed by atoms with Crippen molar-refractivity contribution in [3.05, 3.63) is 112 Å². The Balaban J connectivity index is 1.33. The number of amides is 2. The van der Waals surface area contributed by atoms with Gasteiger partial charge in [0.25, 0.3) is 11.1 Å². The van der Waals surface area contributed by atoms with E-state index in [2.05, 4.69) is 18.2 Å². The highest BCUT2D eigenvalue weighted by Gasteiger charge is 2.35. The van der Waals surface area contributed by atoms with E-state index in [4.69, 9.17) is 21.1 Å². The largest absolute Gasteiger partial charge is 0.493 e. The quantitative estimate of drug-likeness (QED) is 0.241. The predicted molar refractivity (Wildman–Crippen MR) is 144 cm³/mol. The van der Waals surface area contributed by atoms with Gasteiger partial charge in [-0.15, -0.1) is 0 Å². The second-order valence-corrected chi connectivity index (χ2v) is 9.60. The van der Waals surface area contributed by atoms with Crippen LogP contribution in [0.5, 0.6) is 11.5 Å². The Hall–Kier alpha value is -3.74. The molecule has 2 amide bonds. The third-order valence-corrected chi connectivity index (χ3v) is 7.18. The van der Waals surface area contributed by atoms with Crippen LogP contribution in [0.15, 0.2) is 89.8 Å². The van der Waals surface area contributed by atoms with Gasteiger partial charge in [0.15, 0.2) is 11.5 Å². The average Bonchev–Trinajstić information content (AvgIpc) is 3.16. The first kappa shape index (κ1) is 24.0. The molecule has 5 nitrogen and oxygen atoms in total. The second-order valence-electron chi connectivity index (χ2n) is 8.20. The molecule has 180 valence electrons. The molecule has 0 aliphatic carbocycles. The van der Waals surface area contributed by atoms with Gasteiger partial charge in [-0.05, 0) is 63.5 Å². The second kappa shape index (κ2) is 10.5. The van der Waals surface area contributed by atoms with Crippen molar-refractivity contribution in [1.29, 1.82) is 0 Å². The first-order valence-corrected chi connectivity index (χ1v) is 12.5. The minimum absolute atomic E-state index is 0.131. The number of halogens is 1. The summed E-state index contributed by atoms with van der Waals surface area (Å²) in [5.41, 5.74) is 2.52. The van der Waals surface area contributed by atoms with Gasteiger partial charge in [-0.3, -0.25) is 14.5 Å². The SMILES string of the molecule is COc1cc(/C=C2/SC(=O)N(Cc3ccccc3Cl)C2=O)ccc1OCc1cccc2ccccc12. The van der Waals surface area contributed by atoms with Crippen molar-refractivity contribution in [2.75, 3.05) is 7.11 Å². The molecule has 0 atom stereocenters. The van der Waals surface area contributed by atoms with Crippen LogP contribution in [0, 0.1) is 0 Å². The Kier molecular flexibility index (Phi) is 6.98. The summed E-state index contributed by atoms with van der Waals surface area (Å²) in [5.74, 6) is 0.786. The number of hydrogen-bond acceptors (Lipinski definition) is 5. The van der Waals surface area contributed by atoms with Gasteiger partial charge in [-0.2, -0.15) is 0 Å². The fourth-order valence-electron chi connectivity index (χ4n) is 4.05. The summed E-state index contributed by atoms with van der Waals surface area (Å²) in [4.78, 5) is 27.0. The fraction of sp³-hybridized carbons (Fsp3) is 0.103. The van der Waals surface area contributed by atoms with Crippen molar-refractivity contribution < 1.29 is 19.1 Å². The van der Waals surface area contributed by atoms with E-state index in [9.17, 15) is 9.59 Å². The number of hydrogen-bond donors (Lipinski definition) is 0. The van der Waals surface area contributed by atoms with Gasteiger partial charge in [0.1, 0.15) is 6.61 Å². The molecule has 1 heterocycles. The molecule has 5 rings (SSSR count). The number of ether oxygens (including phenoxy) is 2. The minimum atomic E-state index is -0.347. The van der Waals surface area contributed by atoms with E-state index >= 15 is 0 Å². The molecule has 4 aromatic carbocycles. The summed E-state index contributed by atoms with van der Waals surface area (Å²) in [7, 11) is 1.57. The van der Waals surface area contributed by atoms with Gasteiger partial charge >= 0.3 is 0 Å². The first-order chi connectivity index (χ1) is 17.5. The fourth-order valence-corrected chi connectivity index (χ4v) is 5.09. The van der Waals surface area contributed by atoms with Crippen molar-refractivity contribution in [2.45, 2.75) is 13.2 Å². The van der Waals surface area contributed by atoms with E-state index in [-0.39, 0.29) is 17.7 Å². The van der Waals surface area contributed by atoms with Gasteiger partial charge in [-0.1, -0.05) is 78.3 Å². The van der Waals surface area contributed by atoms with Crippen LogP contribution in [-0.4, -0.2) is 23.2 Å². The van der Waals surface area contributed by atoms with Gasteiger partial charge in [0, 0.05) is 5.02 Å². The van der Waals surface area contributed by atoms with Crippen LogP contribution in [0.3, 0.4) is 0 Å². The lowest BCUT2D eigenvalue weighted by atomic mass is 10.1. The zero-order valence-corrected chi connectivity index (χ0v) is 21.0. The predicted octanol–water partition coefficient (Wildman–Crippen LogP) is 7.32. The van der Waals surface area contributed by atoms with Crippen LogP contribution in [0.1, 0.15) is 16.7 Å². The van der Waals surface area contributed by atoms with Crippen LogP contribution in [0.2, 0.25) is 5.02 Å². The van der Waals surface area contributed by atoms with Crippen molar-refractivity contribution >= 4 is 51.4 Å². The lowest BCUT2D eigenvalue weighted by Gasteiger charge is -2.13. The molecule has 1 aliphatic rings. The average molecular weight is 516 g/mol. The maximum atomic E-state index is 12.9. The van der Waals surface area contributed by atoms with Crippen LogP contribution in [0.4, 0.5) is 4.79 Å². The number of methoxy groups -OCH3 is 1. The highest BCUT2D eigenvalue weighted by Crippen LogP contribution is 2.36. The maximum absolute atomic E-state index is 12.9. The Labute approximate surface area is 218 Å². The Morgan fingerprint density at radius 2 is 1.64 bits per heavy atom. The first-order valence-electron chi connectivity index (χ1n) is 11.3. The van der Waals surface area contributed by atoms with E-state index in [1.165, 1.54) is 4.90 Å². The lowest BCUT2D eigenvalue weighted by Crippen LogP contribution is -2.27. The van der Waals surface area contributed by atoms with Gasteiger partial charge in [0.2, 0.25) is 0 Å². The molecule has 1 fully saturated rings. The molecule has 0 spiro atoms. The summed E-state index contributed by atoms with van der Waals surface area (Å²) in [6, 6.07) is 26.9. The molecule has 0 bridgehead atoms.